The number of nitrogens with zero attached hydrogens (tertiary/aromatic N) is 1. The zero-order chi connectivity index (χ0) is 14.8. The molecule has 1 atom stereocenters. The highest BCUT2D eigenvalue weighted by atomic mass is 16.6. The molecule has 1 aliphatic heterocycles. The SMILES string of the molecule is C#Cc1ccc(C2CCCN2C(=O)OC(C)(C)C)cc1. The van der Waals surface area contributed by atoms with Crippen molar-refractivity contribution in [2.45, 2.75) is 45.3 Å². The molecule has 0 radical (unpaired) electrons. The number of carbonyl (C=O) groups is 1. The summed E-state index contributed by atoms with van der Waals surface area (Å²) in [5, 5.41) is 0. The fourth-order valence-electron chi connectivity index (χ4n) is 2.45. The van der Waals surface area contributed by atoms with Gasteiger partial charge >= 0.3 is 6.09 Å². The van der Waals surface area contributed by atoms with Gasteiger partial charge in [0.25, 0.3) is 0 Å². The molecule has 1 fully saturated rings. The van der Waals surface area contributed by atoms with Crippen LogP contribution in [0.15, 0.2) is 24.3 Å². The second kappa shape index (κ2) is 5.58. The Balaban J connectivity index is 2.14. The van der Waals surface area contributed by atoms with Crippen molar-refractivity contribution < 1.29 is 9.53 Å². The third-order valence-electron chi connectivity index (χ3n) is 3.34. The van der Waals surface area contributed by atoms with Crippen molar-refractivity contribution >= 4 is 6.09 Å². The van der Waals surface area contributed by atoms with E-state index in [2.05, 4.69) is 5.92 Å². The molecule has 0 spiro atoms. The summed E-state index contributed by atoms with van der Waals surface area (Å²) in [4.78, 5) is 14.1. The van der Waals surface area contributed by atoms with Gasteiger partial charge in [-0.15, -0.1) is 6.42 Å². The van der Waals surface area contributed by atoms with E-state index in [9.17, 15) is 4.79 Å². The summed E-state index contributed by atoms with van der Waals surface area (Å²) in [6.07, 6.45) is 7.10. The van der Waals surface area contributed by atoms with Crippen molar-refractivity contribution in [3.05, 3.63) is 35.4 Å². The summed E-state index contributed by atoms with van der Waals surface area (Å²) in [5.41, 5.74) is 1.51. The highest BCUT2D eigenvalue weighted by molar-refractivity contribution is 5.69. The lowest BCUT2D eigenvalue weighted by molar-refractivity contribution is 0.0224. The van der Waals surface area contributed by atoms with E-state index in [4.69, 9.17) is 11.2 Å². The Kier molecular flexibility index (Phi) is 4.04. The molecule has 1 heterocycles. The molecule has 0 bridgehead atoms. The highest BCUT2D eigenvalue weighted by Gasteiger charge is 2.32. The van der Waals surface area contributed by atoms with Crippen molar-refractivity contribution in [3.63, 3.8) is 0 Å². The molecular formula is C17H21NO2. The normalized spacial score (nSPS) is 18.7. The number of benzene rings is 1. The van der Waals surface area contributed by atoms with Crippen molar-refractivity contribution in [1.29, 1.82) is 0 Å². The van der Waals surface area contributed by atoms with Gasteiger partial charge in [-0.25, -0.2) is 4.79 Å². The van der Waals surface area contributed by atoms with E-state index >= 15 is 0 Å². The van der Waals surface area contributed by atoms with Crippen molar-refractivity contribution in [1.82, 2.24) is 4.90 Å². The van der Waals surface area contributed by atoms with Crippen molar-refractivity contribution in [2.24, 2.45) is 0 Å². The van der Waals surface area contributed by atoms with Gasteiger partial charge in [-0.1, -0.05) is 18.1 Å². The lowest BCUT2D eigenvalue weighted by Crippen LogP contribution is -2.36. The molecule has 1 saturated heterocycles. The van der Waals surface area contributed by atoms with Gasteiger partial charge in [-0.2, -0.15) is 0 Å². The molecule has 3 nitrogen and oxygen atoms in total. The average Bonchev–Trinajstić information content (AvgIpc) is 2.86. The van der Waals surface area contributed by atoms with Crippen molar-refractivity contribution in [2.75, 3.05) is 6.54 Å². The number of amides is 1. The van der Waals surface area contributed by atoms with E-state index in [0.717, 1.165) is 30.5 Å². The lowest BCUT2D eigenvalue weighted by Gasteiger charge is -2.28. The quantitative estimate of drug-likeness (QED) is 0.728. The van der Waals surface area contributed by atoms with Gasteiger partial charge in [0.2, 0.25) is 0 Å². The Hall–Kier alpha value is -1.95. The first kappa shape index (κ1) is 14.5. The molecule has 1 aliphatic rings. The molecule has 20 heavy (non-hydrogen) atoms. The van der Waals surface area contributed by atoms with Crippen LogP contribution in [0.5, 0.6) is 0 Å². The molecule has 1 unspecified atom stereocenters. The number of likely N-dealkylation sites (tertiary alicyclic amines) is 1. The largest absolute Gasteiger partial charge is 0.444 e. The molecule has 3 heteroatoms. The highest BCUT2D eigenvalue weighted by Crippen LogP contribution is 2.33. The van der Waals surface area contributed by atoms with E-state index in [1.54, 1.807) is 0 Å². The molecule has 2 rings (SSSR count). The van der Waals surface area contributed by atoms with Gasteiger partial charge in [-0.05, 0) is 51.3 Å². The molecule has 0 saturated carbocycles. The summed E-state index contributed by atoms with van der Waals surface area (Å²) < 4.78 is 5.47. The van der Waals surface area contributed by atoms with Crippen LogP contribution in [0.25, 0.3) is 0 Å². The van der Waals surface area contributed by atoms with E-state index < -0.39 is 5.60 Å². The molecule has 0 aromatic heterocycles. The second-order valence-corrected chi connectivity index (χ2v) is 6.10. The molecule has 1 aromatic rings. The number of hydrogen-bond acceptors (Lipinski definition) is 2. The predicted molar refractivity (Wildman–Crippen MR) is 79.3 cm³/mol. The smallest absolute Gasteiger partial charge is 0.410 e. The fraction of sp³-hybridized carbons (Fsp3) is 0.471. The van der Waals surface area contributed by atoms with Gasteiger partial charge in [-0.3, -0.25) is 0 Å². The molecule has 1 amide bonds. The van der Waals surface area contributed by atoms with Gasteiger partial charge in [0.1, 0.15) is 5.60 Å². The van der Waals surface area contributed by atoms with Gasteiger partial charge < -0.3 is 9.64 Å². The number of rotatable bonds is 1. The maximum Gasteiger partial charge on any atom is 0.410 e. The monoisotopic (exact) mass is 271 g/mol. The number of hydrogen-bond donors (Lipinski definition) is 0. The van der Waals surface area contributed by atoms with Crippen LogP contribution in [0.2, 0.25) is 0 Å². The Morgan fingerprint density at radius 1 is 1.35 bits per heavy atom. The van der Waals surface area contributed by atoms with E-state index in [1.165, 1.54) is 0 Å². The van der Waals surface area contributed by atoms with Crippen LogP contribution < -0.4 is 0 Å². The predicted octanol–water partition coefficient (Wildman–Crippen LogP) is 3.74. The molecule has 1 aromatic carbocycles. The molecule has 0 aliphatic carbocycles. The van der Waals surface area contributed by atoms with Crippen molar-refractivity contribution in [3.8, 4) is 12.3 Å². The maximum absolute atomic E-state index is 12.2. The van der Waals surface area contributed by atoms with Crippen LogP contribution in [0.3, 0.4) is 0 Å². The summed E-state index contributed by atoms with van der Waals surface area (Å²) in [7, 11) is 0. The van der Waals surface area contributed by atoms with Crippen LogP contribution in [-0.4, -0.2) is 23.1 Å². The topological polar surface area (TPSA) is 29.5 Å². The van der Waals surface area contributed by atoms with Crippen LogP contribution in [0.1, 0.15) is 50.8 Å². The van der Waals surface area contributed by atoms with Gasteiger partial charge in [0.05, 0.1) is 6.04 Å². The van der Waals surface area contributed by atoms with Crippen LogP contribution in [0, 0.1) is 12.3 Å². The average molecular weight is 271 g/mol. The van der Waals surface area contributed by atoms with E-state index in [0.29, 0.717) is 0 Å². The summed E-state index contributed by atoms with van der Waals surface area (Å²) >= 11 is 0. The number of terminal acetylenes is 1. The zero-order valence-corrected chi connectivity index (χ0v) is 12.3. The summed E-state index contributed by atoms with van der Waals surface area (Å²) in [5.74, 6) is 2.60. The third kappa shape index (κ3) is 3.33. The van der Waals surface area contributed by atoms with Crippen LogP contribution in [0.4, 0.5) is 4.79 Å². The summed E-state index contributed by atoms with van der Waals surface area (Å²) in [6.45, 7) is 6.41. The fourth-order valence-corrected chi connectivity index (χ4v) is 2.45. The van der Waals surface area contributed by atoms with E-state index in [1.807, 2.05) is 49.9 Å². The Morgan fingerprint density at radius 2 is 2.00 bits per heavy atom. The first-order valence-electron chi connectivity index (χ1n) is 6.97. The second-order valence-electron chi connectivity index (χ2n) is 6.10. The standard InChI is InChI=1S/C17H21NO2/c1-5-13-8-10-14(11-9-13)15-7-6-12-18(15)16(19)20-17(2,3)4/h1,8-11,15H,6-7,12H2,2-4H3. The molecule has 0 N–H and O–H groups in total. The Morgan fingerprint density at radius 3 is 2.55 bits per heavy atom. The minimum absolute atomic E-state index is 0.0941. The minimum Gasteiger partial charge on any atom is -0.444 e. The number of carbonyl (C=O) groups excluding carboxylic acids is 1. The maximum atomic E-state index is 12.2. The van der Waals surface area contributed by atoms with Crippen LogP contribution >= 0.6 is 0 Å². The zero-order valence-electron chi connectivity index (χ0n) is 12.3. The Bertz CT molecular complexity index is 519. The first-order valence-corrected chi connectivity index (χ1v) is 6.97. The van der Waals surface area contributed by atoms with Crippen LogP contribution in [-0.2, 0) is 4.74 Å². The number of ether oxygens (including phenoxy) is 1. The first-order chi connectivity index (χ1) is 9.40. The minimum atomic E-state index is -0.461. The lowest BCUT2D eigenvalue weighted by atomic mass is 10.0. The summed E-state index contributed by atoms with van der Waals surface area (Å²) in [6, 6.07) is 7.93. The Labute approximate surface area is 120 Å². The van der Waals surface area contributed by atoms with E-state index in [-0.39, 0.29) is 12.1 Å². The van der Waals surface area contributed by atoms with Gasteiger partial charge in [0, 0.05) is 12.1 Å². The molecular weight excluding hydrogens is 250 g/mol. The third-order valence-corrected chi connectivity index (χ3v) is 3.34. The molecule has 106 valence electrons. The van der Waals surface area contributed by atoms with Gasteiger partial charge in [0.15, 0.2) is 0 Å².